The molecule has 2 aromatic carbocycles. The number of urea groups is 1. The number of anilines is 2. The summed E-state index contributed by atoms with van der Waals surface area (Å²) in [6.07, 6.45) is 0.977. The summed E-state index contributed by atoms with van der Waals surface area (Å²) in [5, 5.41) is 3.98. The Balaban J connectivity index is 1.39. The van der Waals surface area contributed by atoms with E-state index < -0.39 is 0 Å². The molecule has 8 heteroatoms. The summed E-state index contributed by atoms with van der Waals surface area (Å²) in [6, 6.07) is 11.6. The summed E-state index contributed by atoms with van der Waals surface area (Å²) in [4.78, 5) is 21.7. The Labute approximate surface area is 180 Å². The second-order valence-electron chi connectivity index (χ2n) is 7.09. The van der Waals surface area contributed by atoms with Gasteiger partial charge in [0.15, 0.2) is 16.6 Å². The number of ether oxygens (including phenoxy) is 2. The van der Waals surface area contributed by atoms with Gasteiger partial charge in [-0.1, -0.05) is 30.4 Å². The zero-order chi connectivity index (χ0) is 21.1. The van der Waals surface area contributed by atoms with Gasteiger partial charge in [0.25, 0.3) is 0 Å². The molecule has 158 valence electrons. The number of hydrogen-bond acceptors (Lipinski definition) is 6. The van der Waals surface area contributed by atoms with Crippen LogP contribution in [0.1, 0.15) is 12.5 Å². The van der Waals surface area contributed by atoms with Crippen molar-refractivity contribution in [1.82, 2.24) is 9.88 Å². The molecule has 0 radical (unpaired) electrons. The van der Waals surface area contributed by atoms with Crippen LogP contribution in [-0.2, 0) is 6.42 Å². The molecule has 1 N–H and O–H groups in total. The molecule has 2 amide bonds. The fourth-order valence-electron chi connectivity index (χ4n) is 3.63. The molecule has 0 aliphatic carbocycles. The number of amides is 2. The minimum atomic E-state index is -0.112. The first-order valence-electron chi connectivity index (χ1n) is 10.0. The van der Waals surface area contributed by atoms with Gasteiger partial charge < -0.3 is 24.6 Å². The Morgan fingerprint density at radius 3 is 2.57 bits per heavy atom. The quantitative estimate of drug-likeness (QED) is 0.661. The number of para-hydroxylation sites is 1. The Bertz CT molecular complexity index is 1040. The summed E-state index contributed by atoms with van der Waals surface area (Å²) in [7, 11) is 3.16. The maximum atomic E-state index is 12.7. The van der Waals surface area contributed by atoms with E-state index in [4.69, 9.17) is 14.5 Å². The first kappa shape index (κ1) is 20.3. The number of thiazole rings is 1. The summed E-state index contributed by atoms with van der Waals surface area (Å²) in [5.74, 6) is 1.22. The lowest BCUT2D eigenvalue weighted by Gasteiger charge is -2.34. The topological polar surface area (TPSA) is 66.9 Å². The van der Waals surface area contributed by atoms with Crippen LogP contribution >= 0.6 is 11.3 Å². The number of methoxy groups -OCH3 is 2. The highest BCUT2D eigenvalue weighted by atomic mass is 32.1. The number of fused-ring (bicyclic) bond motifs is 1. The standard InChI is InChI=1S/C22H26N4O3S/c1-4-15-6-5-7-19-20(15)24-22(30-19)26-12-10-25(11-13-26)21(27)23-16-8-9-17(28-2)18(14-16)29-3/h5-9,14H,4,10-13H2,1-3H3,(H,23,27). The first-order chi connectivity index (χ1) is 14.6. The van der Waals surface area contributed by atoms with E-state index in [0.717, 1.165) is 30.2 Å². The smallest absolute Gasteiger partial charge is 0.321 e. The molecular weight excluding hydrogens is 400 g/mol. The van der Waals surface area contributed by atoms with Crippen molar-refractivity contribution >= 4 is 38.4 Å². The lowest BCUT2D eigenvalue weighted by molar-refractivity contribution is 0.208. The van der Waals surface area contributed by atoms with E-state index in [-0.39, 0.29) is 6.03 Å². The number of benzene rings is 2. The average Bonchev–Trinajstić information content (AvgIpc) is 3.23. The van der Waals surface area contributed by atoms with Crippen molar-refractivity contribution in [3.8, 4) is 11.5 Å². The third-order valence-corrected chi connectivity index (χ3v) is 6.43. The molecule has 0 bridgehead atoms. The van der Waals surface area contributed by atoms with Crippen LogP contribution in [0.4, 0.5) is 15.6 Å². The summed E-state index contributed by atoms with van der Waals surface area (Å²) in [6.45, 7) is 4.98. The predicted molar refractivity (Wildman–Crippen MR) is 121 cm³/mol. The van der Waals surface area contributed by atoms with Crippen LogP contribution < -0.4 is 19.7 Å². The number of carbonyl (C=O) groups excluding carboxylic acids is 1. The molecule has 1 fully saturated rings. The lowest BCUT2D eigenvalue weighted by Crippen LogP contribution is -2.50. The van der Waals surface area contributed by atoms with Crippen LogP contribution in [0.25, 0.3) is 10.2 Å². The Morgan fingerprint density at radius 1 is 1.10 bits per heavy atom. The maximum Gasteiger partial charge on any atom is 0.321 e. The highest BCUT2D eigenvalue weighted by Crippen LogP contribution is 2.32. The van der Waals surface area contributed by atoms with Gasteiger partial charge in [0.2, 0.25) is 0 Å². The Kier molecular flexibility index (Phi) is 5.94. The summed E-state index contributed by atoms with van der Waals surface area (Å²) in [5.41, 5.74) is 3.06. The molecule has 1 saturated heterocycles. The van der Waals surface area contributed by atoms with Gasteiger partial charge in [-0.15, -0.1) is 0 Å². The largest absolute Gasteiger partial charge is 0.493 e. The molecule has 0 atom stereocenters. The van der Waals surface area contributed by atoms with Crippen molar-refractivity contribution in [2.45, 2.75) is 13.3 Å². The second kappa shape index (κ2) is 8.79. The van der Waals surface area contributed by atoms with Gasteiger partial charge in [0.1, 0.15) is 0 Å². The molecule has 7 nitrogen and oxygen atoms in total. The van der Waals surface area contributed by atoms with E-state index >= 15 is 0 Å². The number of aryl methyl sites for hydroxylation is 1. The van der Waals surface area contributed by atoms with Crippen LogP contribution in [0.2, 0.25) is 0 Å². The number of carbonyl (C=O) groups is 1. The number of aromatic nitrogens is 1. The number of piperazine rings is 1. The van der Waals surface area contributed by atoms with Crippen molar-refractivity contribution in [2.24, 2.45) is 0 Å². The van der Waals surface area contributed by atoms with Crippen molar-refractivity contribution in [3.05, 3.63) is 42.0 Å². The van der Waals surface area contributed by atoms with Crippen molar-refractivity contribution < 1.29 is 14.3 Å². The van der Waals surface area contributed by atoms with E-state index in [0.29, 0.717) is 30.3 Å². The number of rotatable bonds is 5. The SMILES string of the molecule is CCc1cccc2sc(N3CCN(C(=O)Nc4ccc(OC)c(OC)c4)CC3)nc12. The summed E-state index contributed by atoms with van der Waals surface area (Å²) < 4.78 is 11.8. The van der Waals surface area contributed by atoms with Gasteiger partial charge in [0.05, 0.1) is 24.4 Å². The molecule has 0 saturated carbocycles. The van der Waals surface area contributed by atoms with E-state index in [2.05, 4.69) is 35.3 Å². The zero-order valence-corrected chi connectivity index (χ0v) is 18.3. The van der Waals surface area contributed by atoms with Crippen LogP contribution in [0.3, 0.4) is 0 Å². The van der Waals surface area contributed by atoms with E-state index in [1.807, 2.05) is 11.0 Å². The number of hydrogen-bond donors (Lipinski definition) is 1. The molecular formula is C22H26N4O3S. The first-order valence-corrected chi connectivity index (χ1v) is 10.9. The van der Waals surface area contributed by atoms with E-state index in [1.54, 1.807) is 37.7 Å². The van der Waals surface area contributed by atoms with Crippen molar-refractivity contribution in [2.75, 3.05) is 50.6 Å². The minimum absolute atomic E-state index is 0.112. The van der Waals surface area contributed by atoms with Gasteiger partial charge in [-0.05, 0) is 30.2 Å². The van der Waals surface area contributed by atoms with Gasteiger partial charge in [0, 0.05) is 37.9 Å². The molecule has 0 unspecified atom stereocenters. The fraction of sp³-hybridized carbons (Fsp3) is 0.364. The van der Waals surface area contributed by atoms with Gasteiger partial charge in [-0.3, -0.25) is 0 Å². The third-order valence-electron chi connectivity index (χ3n) is 5.34. The van der Waals surface area contributed by atoms with Crippen molar-refractivity contribution in [3.63, 3.8) is 0 Å². The zero-order valence-electron chi connectivity index (χ0n) is 17.5. The van der Waals surface area contributed by atoms with Crippen LogP contribution in [0, 0.1) is 0 Å². The van der Waals surface area contributed by atoms with Crippen LogP contribution in [-0.4, -0.2) is 56.3 Å². The fourth-order valence-corrected chi connectivity index (χ4v) is 4.70. The third kappa shape index (κ3) is 4.00. The van der Waals surface area contributed by atoms with E-state index in [9.17, 15) is 4.79 Å². The number of nitrogens with zero attached hydrogens (tertiary/aromatic N) is 3. The Morgan fingerprint density at radius 2 is 1.87 bits per heavy atom. The molecule has 4 rings (SSSR count). The van der Waals surface area contributed by atoms with Gasteiger partial charge >= 0.3 is 6.03 Å². The van der Waals surface area contributed by atoms with Crippen LogP contribution in [0.15, 0.2) is 36.4 Å². The van der Waals surface area contributed by atoms with Crippen molar-refractivity contribution in [1.29, 1.82) is 0 Å². The average molecular weight is 427 g/mol. The lowest BCUT2D eigenvalue weighted by atomic mass is 10.1. The second-order valence-corrected chi connectivity index (χ2v) is 8.10. The van der Waals surface area contributed by atoms with E-state index in [1.165, 1.54) is 10.3 Å². The molecule has 2 heterocycles. The molecule has 1 aliphatic heterocycles. The molecule has 3 aromatic rings. The normalized spacial score (nSPS) is 14.1. The highest BCUT2D eigenvalue weighted by molar-refractivity contribution is 7.22. The molecule has 0 spiro atoms. The Hall–Kier alpha value is -3.00. The summed E-state index contributed by atoms with van der Waals surface area (Å²) >= 11 is 1.72. The predicted octanol–water partition coefficient (Wildman–Crippen LogP) is 4.23. The molecule has 30 heavy (non-hydrogen) atoms. The minimum Gasteiger partial charge on any atom is -0.493 e. The molecule has 1 aliphatic rings. The van der Waals surface area contributed by atoms with Crippen LogP contribution in [0.5, 0.6) is 11.5 Å². The maximum absolute atomic E-state index is 12.7. The number of nitrogens with one attached hydrogen (secondary N) is 1. The molecule has 1 aromatic heterocycles. The monoisotopic (exact) mass is 426 g/mol. The van der Waals surface area contributed by atoms with Gasteiger partial charge in [-0.2, -0.15) is 0 Å². The highest BCUT2D eigenvalue weighted by Gasteiger charge is 2.23. The van der Waals surface area contributed by atoms with Gasteiger partial charge in [-0.25, -0.2) is 9.78 Å².